The van der Waals surface area contributed by atoms with Gasteiger partial charge in [-0.3, -0.25) is 4.90 Å². The van der Waals surface area contributed by atoms with Gasteiger partial charge >= 0.3 is 0 Å². The van der Waals surface area contributed by atoms with Crippen LogP contribution in [0, 0.1) is 11.3 Å². The maximum Gasteiger partial charge on any atom is 0.240 e. The molecule has 1 heterocycles. The zero-order valence-electron chi connectivity index (χ0n) is 17.9. The van der Waals surface area contributed by atoms with Crippen LogP contribution in [0.5, 0.6) is 5.75 Å². The van der Waals surface area contributed by atoms with Crippen LogP contribution in [0.25, 0.3) is 11.1 Å². The molecule has 3 aromatic rings. The molecule has 1 aliphatic rings. The third-order valence-corrected chi connectivity index (χ3v) is 7.17. The second-order valence-electron chi connectivity index (χ2n) is 7.91. The number of benzene rings is 3. The Morgan fingerprint density at radius 1 is 1.06 bits per heavy atom. The Morgan fingerprint density at radius 2 is 1.75 bits per heavy atom. The van der Waals surface area contributed by atoms with E-state index in [0.717, 1.165) is 36.4 Å². The minimum atomic E-state index is -3.65. The molecule has 7 heteroatoms. The Labute approximate surface area is 189 Å². The van der Waals surface area contributed by atoms with E-state index in [-0.39, 0.29) is 10.9 Å². The number of nitriles is 1. The minimum absolute atomic E-state index is 0.129. The molecule has 0 radical (unpaired) electrons. The zero-order valence-corrected chi connectivity index (χ0v) is 18.7. The van der Waals surface area contributed by atoms with Gasteiger partial charge in [-0.1, -0.05) is 42.5 Å². The first-order valence-electron chi connectivity index (χ1n) is 10.4. The molecule has 32 heavy (non-hydrogen) atoms. The zero-order chi connectivity index (χ0) is 22.6. The highest BCUT2D eigenvalue weighted by Crippen LogP contribution is 2.24. The lowest BCUT2D eigenvalue weighted by Gasteiger charge is -2.17. The van der Waals surface area contributed by atoms with Crippen LogP contribution in [0.3, 0.4) is 0 Å². The molecule has 0 spiro atoms. The quantitative estimate of drug-likeness (QED) is 0.596. The van der Waals surface area contributed by atoms with E-state index in [1.165, 1.54) is 17.7 Å². The first-order chi connectivity index (χ1) is 15.5. The fourth-order valence-electron chi connectivity index (χ4n) is 3.94. The maximum absolute atomic E-state index is 12.7. The van der Waals surface area contributed by atoms with Crippen LogP contribution in [0.4, 0.5) is 0 Å². The Bertz CT molecular complexity index is 1220. The summed E-state index contributed by atoms with van der Waals surface area (Å²) in [6.45, 7) is 2.24. The molecule has 1 N–H and O–H groups in total. The normalized spacial score (nSPS) is 16.6. The molecule has 4 rings (SSSR count). The van der Waals surface area contributed by atoms with E-state index in [1.807, 2.05) is 30.3 Å². The summed E-state index contributed by atoms with van der Waals surface area (Å²) >= 11 is 0. The predicted molar refractivity (Wildman–Crippen MR) is 124 cm³/mol. The van der Waals surface area contributed by atoms with Gasteiger partial charge in [-0.05, 0) is 53.4 Å². The molecule has 0 bridgehead atoms. The van der Waals surface area contributed by atoms with Crippen molar-refractivity contribution in [2.75, 3.05) is 20.2 Å². The van der Waals surface area contributed by atoms with Crippen LogP contribution in [-0.4, -0.2) is 39.6 Å². The monoisotopic (exact) mass is 447 g/mol. The SMILES string of the molecule is COc1ccc(-c2ccc(CN3CC[C@@H](NS(=O)(=O)c4cccc(C#N)c4)C3)cc2)cc1. The summed E-state index contributed by atoms with van der Waals surface area (Å²) in [6, 6.07) is 24.4. The second-order valence-corrected chi connectivity index (χ2v) is 9.62. The molecule has 0 aromatic heterocycles. The number of likely N-dealkylation sites (tertiary alicyclic amines) is 1. The Kier molecular flexibility index (Phi) is 6.56. The summed E-state index contributed by atoms with van der Waals surface area (Å²) in [5.74, 6) is 0.836. The van der Waals surface area contributed by atoms with Gasteiger partial charge in [0.05, 0.1) is 23.6 Å². The van der Waals surface area contributed by atoms with Crippen molar-refractivity contribution in [3.8, 4) is 22.9 Å². The summed E-state index contributed by atoms with van der Waals surface area (Å²) in [7, 11) is -1.99. The molecule has 3 aromatic carbocycles. The van der Waals surface area contributed by atoms with Crippen molar-refractivity contribution >= 4 is 10.0 Å². The minimum Gasteiger partial charge on any atom is -0.497 e. The van der Waals surface area contributed by atoms with Crippen LogP contribution in [0.15, 0.2) is 77.7 Å². The largest absolute Gasteiger partial charge is 0.497 e. The lowest BCUT2D eigenvalue weighted by molar-refractivity contribution is 0.324. The van der Waals surface area contributed by atoms with E-state index in [9.17, 15) is 8.42 Å². The van der Waals surface area contributed by atoms with Crippen molar-refractivity contribution in [3.63, 3.8) is 0 Å². The highest BCUT2D eigenvalue weighted by atomic mass is 32.2. The van der Waals surface area contributed by atoms with Crippen molar-refractivity contribution in [1.82, 2.24) is 9.62 Å². The van der Waals surface area contributed by atoms with Gasteiger partial charge in [-0.2, -0.15) is 5.26 Å². The summed E-state index contributed by atoms with van der Waals surface area (Å²) in [5.41, 5.74) is 3.79. The average Bonchev–Trinajstić information content (AvgIpc) is 3.25. The molecule has 0 amide bonds. The van der Waals surface area contributed by atoms with Gasteiger partial charge in [0, 0.05) is 25.7 Å². The Hall–Kier alpha value is -3.18. The maximum atomic E-state index is 12.7. The Morgan fingerprint density at radius 3 is 2.41 bits per heavy atom. The van der Waals surface area contributed by atoms with Crippen LogP contribution >= 0.6 is 0 Å². The lowest BCUT2D eigenvalue weighted by atomic mass is 10.0. The van der Waals surface area contributed by atoms with Gasteiger partial charge in [0.1, 0.15) is 5.75 Å². The van der Waals surface area contributed by atoms with Crippen molar-refractivity contribution in [3.05, 3.63) is 83.9 Å². The number of hydrogen-bond donors (Lipinski definition) is 1. The fourth-order valence-corrected chi connectivity index (χ4v) is 5.24. The Balaban J connectivity index is 1.35. The smallest absolute Gasteiger partial charge is 0.240 e. The van der Waals surface area contributed by atoms with Crippen LogP contribution < -0.4 is 9.46 Å². The molecule has 1 aliphatic heterocycles. The summed E-state index contributed by atoms with van der Waals surface area (Å²) < 4.78 is 33.4. The molecule has 1 saturated heterocycles. The van der Waals surface area contributed by atoms with Crippen LogP contribution in [0.1, 0.15) is 17.5 Å². The van der Waals surface area contributed by atoms with Gasteiger partial charge in [0.25, 0.3) is 0 Å². The molecule has 0 saturated carbocycles. The number of rotatable bonds is 7. The van der Waals surface area contributed by atoms with E-state index >= 15 is 0 Å². The van der Waals surface area contributed by atoms with Crippen LogP contribution in [-0.2, 0) is 16.6 Å². The highest BCUT2D eigenvalue weighted by molar-refractivity contribution is 7.89. The fraction of sp³-hybridized carbons (Fsp3) is 0.240. The third-order valence-electron chi connectivity index (χ3n) is 5.65. The summed E-state index contributed by atoms with van der Waals surface area (Å²) in [4.78, 5) is 2.38. The van der Waals surface area contributed by atoms with Gasteiger partial charge in [-0.15, -0.1) is 0 Å². The highest BCUT2D eigenvalue weighted by Gasteiger charge is 2.27. The van der Waals surface area contributed by atoms with Gasteiger partial charge < -0.3 is 4.74 Å². The number of nitrogens with one attached hydrogen (secondary N) is 1. The predicted octanol–water partition coefficient (Wildman–Crippen LogP) is 3.79. The molecular weight excluding hydrogens is 422 g/mol. The van der Waals surface area contributed by atoms with Gasteiger partial charge in [0.2, 0.25) is 10.0 Å². The first kappa shape index (κ1) is 22.0. The van der Waals surface area contributed by atoms with Gasteiger partial charge in [-0.25, -0.2) is 13.1 Å². The van der Waals surface area contributed by atoms with Gasteiger partial charge in [0.15, 0.2) is 0 Å². The van der Waals surface area contributed by atoms with Crippen molar-refractivity contribution in [1.29, 1.82) is 5.26 Å². The standard InChI is InChI=1S/C25H25N3O3S/c1-31-24-11-9-22(10-12-24)21-7-5-19(6-8-21)17-28-14-13-23(18-28)27-32(29,30)25-4-2-3-20(15-25)16-26/h2-12,15,23,27H,13-14,17-18H2,1H3/t23-/m1/s1. The van der Waals surface area contributed by atoms with E-state index in [1.54, 1.807) is 19.2 Å². The average molecular weight is 448 g/mol. The van der Waals surface area contributed by atoms with Crippen molar-refractivity contribution in [2.24, 2.45) is 0 Å². The molecule has 6 nitrogen and oxygen atoms in total. The molecule has 1 fully saturated rings. The van der Waals surface area contributed by atoms with E-state index in [2.05, 4.69) is 33.9 Å². The third kappa shape index (κ3) is 5.17. The lowest BCUT2D eigenvalue weighted by Crippen LogP contribution is -2.37. The number of sulfonamides is 1. The van der Waals surface area contributed by atoms with Crippen molar-refractivity contribution < 1.29 is 13.2 Å². The topological polar surface area (TPSA) is 82.4 Å². The van der Waals surface area contributed by atoms with E-state index < -0.39 is 10.0 Å². The molecule has 0 unspecified atom stereocenters. The first-order valence-corrected chi connectivity index (χ1v) is 11.9. The molecule has 1 atom stereocenters. The molecule has 164 valence electrons. The number of methoxy groups -OCH3 is 1. The number of ether oxygens (including phenoxy) is 1. The van der Waals surface area contributed by atoms with E-state index in [0.29, 0.717) is 12.1 Å². The second kappa shape index (κ2) is 9.53. The molecular formula is C25H25N3O3S. The molecule has 0 aliphatic carbocycles. The number of hydrogen-bond acceptors (Lipinski definition) is 5. The summed E-state index contributed by atoms with van der Waals surface area (Å²) in [5, 5.41) is 9.01. The summed E-state index contributed by atoms with van der Waals surface area (Å²) in [6.07, 6.45) is 0.751. The van der Waals surface area contributed by atoms with Crippen LogP contribution in [0.2, 0.25) is 0 Å². The van der Waals surface area contributed by atoms with Crippen molar-refractivity contribution in [2.45, 2.75) is 23.9 Å². The number of nitrogens with zero attached hydrogens (tertiary/aromatic N) is 2. The van der Waals surface area contributed by atoms with E-state index in [4.69, 9.17) is 10.00 Å².